The van der Waals surface area contributed by atoms with Gasteiger partial charge >= 0.3 is 23.7 Å². The molecule has 6 heteroatoms. The molecule has 0 unspecified atom stereocenters. The Morgan fingerprint density at radius 1 is 0.429 bits per heavy atom. The second-order valence-electron chi connectivity index (χ2n) is 11.0. The number of hydrogen-bond donors (Lipinski definition) is 0. The van der Waals surface area contributed by atoms with E-state index >= 15 is 0 Å². The Bertz CT molecular complexity index is 451. The van der Waals surface area contributed by atoms with Crippen LogP contribution in [0.4, 0.5) is 0 Å². The van der Waals surface area contributed by atoms with Gasteiger partial charge in [0.25, 0.3) is 0 Å². The first-order valence-electron chi connectivity index (χ1n) is 9.43. The molecule has 0 aromatic rings. The number of carbonyl (C=O) groups excluding carboxylic acids is 4. The fourth-order valence-corrected chi connectivity index (χ4v) is 1.35. The van der Waals surface area contributed by atoms with Crippen molar-refractivity contribution >= 4 is 23.1 Å². The fourth-order valence-electron chi connectivity index (χ4n) is 1.35. The van der Waals surface area contributed by atoms with E-state index in [0.29, 0.717) is 0 Å². The number of Topliss-reactive ketones (excluding diaryl/α,β-unsaturated/α-hetero) is 4. The van der Waals surface area contributed by atoms with Crippen molar-refractivity contribution in [2.75, 3.05) is 0 Å². The number of hydrogen-bond acceptors (Lipinski definition) is 5. The summed E-state index contributed by atoms with van der Waals surface area (Å²) in [5, 5.41) is 0. The average molecular weight is 432 g/mol. The third-order valence-corrected chi connectivity index (χ3v) is 3.99. The van der Waals surface area contributed by atoms with Crippen LogP contribution < -0.4 is 0 Å². The molecule has 0 atom stereocenters. The van der Waals surface area contributed by atoms with Crippen molar-refractivity contribution in [2.24, 2.45) is 21.7 Å². The molecular weight excluding hydrogens is 392 g/mol. The topological polar surface area (TPSA) is 85.3 Å². The van der Waals surface area contributed by atoms with Gasteiger partial charge in [0, 0.05) is 21.7 Å². The fraction of sp³-hybridized carbons (Fsp3) is 0.818. The van der Waals surface area contributed by atoms with E-state index in [1.165, 1.54) is 0 Å². The van der Waals surface area contributed by atoms with Crippen LogP contribution in [0.25, 0.3) is 0 Å². The van der Waals surface area contributed by atoms with Crippen molar-refractivity contribution in [3.63, 3.8) is 0 Å². The summed E-state index contributed by atoms with van der Waals surface area (Å²) < 4.78 is 8.25. The second-order valence-corrected chi connectivity index (χ2v) is 11.0. The van der Waals surface area contributed by atoms with E-state index in [1.54, 1.807) is 0 Å². The summed E-state index contributed by atoms with van der Waals surface area (Å²) in [6.07, 6.45) is 0.125. The van der Waals surface area contributed by atoms with Crippen LogP contribution >= 0.6 is 0 Å². The predicted molar refractivity (Wildman–Crippen MR) is 108 cm³/mol. The van der Waals surface area contributed by atoms with Crippen LogP contribution in [0.3, 0.4) is 0 Å². The molecule has 0 radical (unpaired) electrons. The summed E-state index contributed by atoms with van der Waals surface area (Å²) in [5.74, 6) is 0.0831. The summed E-state index contributed by atoms with van der Waals surface area (Å²) >= 11 is 0.750. The summed E-state index contributed by atoms with van der Waals surface area (Å²) in [7, 11) is 0. The molecule has 0 fully saturated rings. The molecule has 28 heavy (non-hydrogen) atoms. The minimum absolute atomic E-state index is 0.0208. The molecule has 162 valence electrons. The first-order valence-corrected chi connectivity index (χ1v) is 10.1. The van der Waals surface area contributed by atoms with Gasteiger partial charge in [0.2, 0.25) is 0 Å². The zero-order valence-corrected chi connectivity index (χ0v) is 21.5. The van der Waals surface area contributed by atoms with Crippen molar-refractivity contribution < 1.29 is 42.9 Å². The van der Waals surface area contributed by atoms with E-state index in [2.05, 4.69) is 0 Å². The predicted octanol–water partition coefficient (Wildman–Crippen LogP) is 5.09. The third-order valence-electron chi connectivity index (χ3n) is 3.99. The van der Waals surface area contributed by atoms with E-state index in [0.717, 1.165) is 20.4 Å². The molecule has 0 aromatic carbocycles. The molecule has 0 spiro atoms. The van der Waals surface area contributed by atoms with E-state index in [1.807, 2.05) is 83.1 Å². The first kappa shape index (κ1) is 31.9. The maximum absolute atomic E-state index is 11.5. The van der Waals surface area contributed by atoms with Gasteiger partial charge in [0.15, 0.2) is 0 Å². The van der Waals surface area contributed by atoms with E-state index in [9.17, 15) is 19.2 Å². The second kappa shape index (κ2) is 12.0. The van der Waals surface area contributed by atoms with Gasteiger partial charge in [-0.2, -0.15) is 0 Å². The van der Waals surface area contributed by atoms with Crippen molar-refractivity contribution in [3.8, 4) is 0 Å². The van der Waals surface area contributed by atoms with Crippen LogP contribution in [0.5, 0.6) is 0 Å². The summed E-state index contributed by atoms with van der Waals surface area (Å²) in [6, 6.07) is 0. The van der Waals surface area contributed by atoms with Crippen LogP contribution in [0.1, 0.15) is 95.9 Å². The SMILES string of the molecule is CC(C)(C)C(=O)CC(=O)C(C)(C)C.CC(C)(C)C(=O)CC(=O)C(C)(C)C.[O]=[Ti]. The van der Waals surface area contributed by atoms with Gasteiger partial charge in [-0.05, 0) is 0 Å². The molecule has 0 aliphatic rings. The Hall–Kier alpha value is -0.806. The van der Waals surface area contributed by atoms with E-state index < -0.39 is 21.7 Å². The van der Waals surface area contributed by atoms with Gasteiger partial charge in [-0.3, -0.25) is 19.2 Å². The maximum atomic E-state index is 11.5. The van der Waals surface area contributed by atoms with Crippen LogP contribution in [0, 0.1) is 21.7 Å². The normalized spacial score (nSPS) is 12.0. The van der Waals surface area contributed by atoms with Gasteiger partial charge in [0.05, 0.1) is 12.8 Å². The van der Waals surface area contributed by atoms with E-state index in [4.69, 9.17) is 3.32 Å². The zero-order valence-electron chi connectivity index (χ0n) is 20.0. The molecule has 0 aromatic heterocycles. The molecule has 0 amide bonds. The minimum atomic E-state index is -0.402. The molecule has 0 heterocycles. The number of carbonyl (C=O) groups is 4. The van der Waals surface area contributed by atoms with Crippen LogP contribution in [-0.2, 0) is 42.9 Å². The van der Waals surface area contributed by atoms with Gasteiger partial charge in [-0.25, -0.2) is 0 Å². The Morgan fingerprint density at radius 3 is 0.607 bits per heavy atom. The summed E-state index contributed by atoms with van der Waals surface area (Å²) in [5.41, 5.74) is -1.61. The van der Waals surface area contributed by atoms with Crippen molar-refractivity contribution in [1.82, 2.24) is 0 Å². The molecule has 0 N–H and O–H groups in total. The molecule has 0 saturated carbocycles. The first-order chi connectivity index (χ1) is 12.1. The molecule has 0 rings (SSSR count). The molecule has 0 bridgehead atoms. The third kappa shape index (κ3) is 15.2. The van der Waals surface area contributed by atoms with Gasteiger partial charge in [-0.1, -0.05) is 83.1 Å². The quantitative estimate of drug-likeness (QED) is 0.456. The van der Waals surface area contributed by atoms with Gasteiger partial charge in [0.1, 0.15) is 23.1 Å². The Labute approximate surface area is 183 Å². The molecule has 5 nitrogen and oxygen atoms in total. The van der Waals surface area contributed by atoms with Gasteiger partial charge in [-0.15, -0.1) is 0 Å². The Morgan fingerprint density at radius 2 is 0.536 bits per heavy atom. The Kier molecular flexibility index (Phi) is 13.7. The van der Waals surface area contributed by atoms with Gasteiger partial charge < -0.3 is 0 Å². The number of rotatable bonds is 4. The Balaban J connectivity index is -0.000000410. The van der Waals surface area contributed by atoms with Crippen LogP contribution in [0.15, 0.2) is 0 Å². The van der Waals surface area contributed by atoms with E-state index in [-0.39, 0.29) is 36.0 Å². The molecular formula is C22H40O5Ti. The van der Waals surface area contributed by atoms with Crippen molar-refractivity contribution in [1.29, 1.82) is 0 Å². The van der Waals surface area contributed by atoms with Crippen molar-refractivity contribution in [3.05, 3.63) is 0 Å². The monoisotopic (exact) mass is 432 g/mol. The standard InChI is InChI=1S/2C11H20O2.O.Ti/c2*1-10(2,3)8(12)7-9(13)11(4,5)6;;/h2*7H2,1-6H3;;. The number of ketones is 4. The molecule has 0 aliphatic heterocycles. The molecule has 0 aliphatic carbocycles. The molecule has 0 saturated heterocycles. The summed E-state index contributed by atoms with van der Waals surface area (Å²) in [6.45, 7) is 22.1. The van der Waals surface area contributed by atoms with Crippen LogP contribution in [-0.4, -0.2) is 23.1 Å². The summed E-state index contributed by atoms with van der Waals surface area (Å²) in [4.78, 5) is 46.0. The average Bonchev–Trinajstić information content (AvgIpc) is 2.45. The van der Waals surface area contributed by atoms with Crippen molar-refractivity contribution in [2.45, 2.75) is 95.9 Å². The van der Waals surface area contributed by atoms with Crippen LogP contribution in [0.2, 0.25) is 0 Å². The zero-order chi connectivity index (χ0) is 23.7.